The summed E-state index contributed by atoms with van der Waals surface area (Å²) >= 11 is 1.87. The Balaban J connectivity index is 1.05. The lowest BCUT2D eigenvalue weighted by molar-refractivity contribution is 0.579. The minimum absolute atomic E-state index is 0.112. The van der Waals surface area contributed by atoms with Gasteiger partial charge in [-0.15, -0.1) is 0 Å². The van der Waals surface area contributed by atoms with Gasteiger partial charge in [0.25, 0.3) is 0 Å². The number of thioether (sulfide) groups is 1. The lowest BCUT2D eigenvalue weighted by Gasteiger charge is -2.40. The second kappa shape index (κ2) is 17.0. The van der Waals surface area contributed by atoms with Crippen LogP contribution >= 0.6 is 11.8 Å². The Morgan fingerprint density at radius 2 is 1.00 bits per heavy atom. The molecule has 0 saturated heterocycles. The van der Waals surface area contributed by atoms with Crippen LogP contribution in [0.15, 0.2) is 228 Å². The number of rotatable bonds is 8. The number of fused-ring (bicyclic) bond motifs is 3. The average Bonchev–Trinajstić information content (AvgIpc) is 3.39. The maximum Gasteiger partial charge on any atom is 0.164 e. The van der Waals surface area contributed by atoms with Gasteiger partial charge in [0, 0.05) is 49.2 Å². The Kier molecular flexibility index (Phi) is 10.4. The van der Waals surface area contributed by atoms with E-state index in [9.17, 15) is 0 Å². The summed E-state index contributed by atoms with van der Waals surface area (Å²) in [7, 11) is 0. The van der Waals surface area contributed by atoms with Crippen molar-refractivity contribution in [3.8, 4) is 56.4 Å². The van der Waals surface area contributed by atoms with Gasteiger partial charge in [0.1, 0.15) is 0 Å². The van der Waals surface area contributed by atoms with Crippen LogP contribution in [0.1, 0.15) is 60.4 Å². The number of benzene rings is 8. The average molecular weight is 881 g/mol. The van der Waals surface area contributed by atoms with Crippen LogP contribution in [-0.4, -0.2) is 15.0 Å². The Morgan fingerprint density at radius 3 is 1.60 bits per heavy atom. The van der Waals surface area contributed by atoms with E-state index in [1.807, 2.05) is 11.8 Å². The van der Waals surface area contributed by atoms with Crippen molar-refractivity contribution in [1.82, 2.24) is 15.0 Å². The van der Waals surface area contributed by atoms with Gasteiger partial charge in [-0.3, -0.25) is 0 Å². The lowest BCUT2D eigenvalue weighted by Crippen LogP contribution is -2.30. The maximum atomic E-state index is 5.39. The maximum absolute atomic E-state index is 5.39. The molecule has 0 N–H and O–H groups in total. The molecule has 2 aliphatic carbocycles. The van der Waals surface area contributed by atoms with Crippen LogP contribution in [-0.2, 0) is 11.8 Å². The molecule has 9 aromatic rings. The molecule has 8 aromatic carbocycles. The number of hydrogen-bond donors (Lipinski definition) is 0. The van der Waals surface area contributed by atoms with Crippen LogP contribution in [0.2, 0.25) is 0 Å². The molecule has 1 aromatic heterocycles. The first kappa shape index (κ1) is 40.9. The molecule has 0 bridgehead atoms. The first-order chi connectivity index (χ1) is 32.9. The molecule has 5 heteroatoms. The quantitative estimate of drug-likeness (QED) is 0.152. The zero-order valence-electron chi connectivity index (χ0n) is 37.6. The van der Waals surface area contributed by atoms with Gasteiger partial charge in [0.2, 0.25) is 0 Å². The van der Waals surface area contributed by atoms with E-state index in [0.717, 1.165) is 52.8 Å². The molecule has 0 radical (unpaired) electrons. The van der Waals surface area contributed by atoms with Crippen molar-refractivity contribution in [2.45, 2.75) is 49.3 Å². The summed E-state index contributed by atoms with van der Waals surface area (Å²) in [5, 5.41) is 0. The van der Waals surface area contributed by atoms with Crippen molar-refractivity contribution in [3.63, 3.8) is 0 Å². The first-order valence-corrected chi connectivity index (χ1v) is 24.1. The summed E-state index contributed by atoms with van der Waals surface area (Å²) < 4.78 is 0. The van der Waals surface area contributed by atoms with Gasteiger partial charge in [0.15, 0.2) is 17.5 Å². The Bertz CT molecular complexity index is 3220. The van der Waals surface area contributed by atoms with Gasteiger partial charge >= 0.3 is 0 Å². The fourth-order valence-electron chi connectivity index (χ4n) is 10.4. The van der Waals surface area contributed by atoms with Gasteiger partial charge in [-0.2, -0.15) is 0 Å². The molecular weight excluding hydrogens is 833 g/mol. The predicted molar refractivity (Wildman–Crippen MR) is 277 cm³/mol. The molecule has 0 atom stereocenters. The largest absolute Gasteiger partial charge is 0.312 e. The van der Waals surface area contributed by atoms with Gasteiger partial charge in [-0.05, 0) is 99.7 Å². The first-order valence-electron chi connectivity index (χ1n) is 23.3. The molecule has 0 saturated carbocycles. The van der Waals surface area contributed by atoms with E-state index in [4.69, 9.17) is 15.0 Å². The van der Waals surface area contributed by atoms with Gasteiger partial charge in [-0.1, -0.05) is 208 Å². The highest BCUT2D eigenvalue weighted by atomic mass is 32.2. The molecule has 322 valence electrons. The summed E-state index contributed by atoms with van der Waals surface area (Å²) in [6.07, 6.45) is 7.40. The Hall–Kier alpha value is -7.60. The molecule has 2 heterocycles. The molecule has 0 amide bonds. The number of para-hydroxylation sites is 1. The Morgan fingerprint density at radius 1 is 0.507 bits per heavy atom. The highest BCUT2D eigenvalue weighted by Gasteiger charge is 2.37. The number of anilines is 2. The third kappa shape index (κ3) is 7.59. The molecule has 3 aliphatic rings. The van der Waals surface area contributed by atoms with Crippen LogP contribution < -0.4 is 4.90 Å². The van der Waals surface area contributed by atoms with Gasteiger partial charge < -0.3 is 4.90 Å². The van der Waals surface area contributed by atoms with E-state index < -0.39 is 0 Å². The molecule has 0 spiro atoms. The zero-order valence-corrected chi connectivity index (χ0v) is 38.4. The summed E-state index contributed by atoms with van der Waals surface area (Å²) in [5.41, 5.74) is 17.8. The van der Waals surface area contributed by atoms with Crippen LogP contribution in [0.4, 0.5) is 11.4 Å². The molecular formula is C62H48N4S. The number of aromatic nitrogens is 3. The van der Waals surface area contributed by atoms with E-state index in [1.54, 1.807) is 0 Å². The standard InChI is InChI=1S/C62H48N4S/c1-62(2)53-23-11-9-21-50(53)52(51-22-10-12-24-54(51)62)39-41-37-48(40-49(38-41)66-55-25-13-15-27-57(55)67-58-28-16-14-26-56(58)66)61-64-59(46-33-29-44(30-34-46)42-17-5-3-6-18-42)63-60(65-61)47-35-31-45(32-36-47)43-19-7-4-8-20-43/h3-13,15-25,27-38,40,52H,14,26,39H2,1-2H3. The fourth-order valence-corrected chi connectivity index (χ4v) is 11.6. The summed E-state index contributed by atoms with van der Waals surface area (Å²) in [4.78, 5) is 21.1. The van der Waals surface area contributed by atoms with Crippen molar-refractivity contribution in [1.29, 1.82) is 0 Å². The minimum Gasteiger partial charge on any atom is -0.312 e. The summed E-state index contributed by atoms with van der Waals surface area (Å²) in [5.74, 6) is 2.08. The molecule has 0 unspecified atom stereocenters. The smallest absolute Gasteiger partial charge is 0.164 e. The molecule has 1 aliphatic heterocycles. The highest BCUT2D eigenvalue weighted by molar-refractivity contribution is 8.03. The van der Waals surface area contributed by atoms with Crippen LogP contribution in [0.25, 0.3) is 56.4 Å². The second-order valence-electron chi connectivity index (χ2n) is 18.3. The van der Waals surface area contributed by atoms with E-state index in [0.29, 0.717) is 17.5 Å². The van der Waals surface area contributed by atoms with E-state index in [1.165, 1.54) is 60.1 Å². The predicted octanol–water partition coefficient (Wildman–Crippen LogP) is 16.0. The number of allylic oxidation sites excluding steroid dienone is 3. The normalized spacial score (nSPS) is 14.8. The van der Waals surface area contributed by atoms with E-state index >= 15 is 0 Å². The highest BCUT2D eigenvalue weighted by Crippen LogP contribution is 2.51. The van der Waals surface area contributed by atoms with E-state index in [2.05, 4.69) is 231 Å². The lowest BCUT2D eigenvalue weighted by atomic mass is 9.64. The van der Waals surface area contributed by atoms with Crippen molar-refractivity contribution in [2.24, 2.45) is 0 Å². The zero-order chi connectivity index (χ0) is 44.9. The second-order valence-corrected chi connectivity index (χ2v) is 19.4. The molecule has 67 heavy (non-hydrogen) atoms. The van der Waals surface area contributed by atoms with Gasteiger partial charge in [0.05, 0.1) is 5.69 Å². The monoisotopic (exact) mass is 880 g/mol. The van der Waals surface area contributed by atoms with Crippen LogP contribution in [0.3, 0.4) is 0 Å². The Labute approximate surface area is 397 Å². The topological polar surface area (TPSA) is 41.9 Å². The number of hydrogen-bond acceptors (Lipinski definition) is 5. The van der Waals surface area contributed by atoms with Gasteiger partial charge in [-0.25, -0.2) is 15.0 Å². The van der Waals surface area contributed by atoms with Crippen LogP contribution in [0, 0.1) is 0 Å². The van der Waals surface area contributed by atoms with E-state index in [-0.39, 0.29) is 11.3 Å². The number of nitrogens with zero attached hydrogens (tertiary/aromatic N) is 4. The molecule has 4 nitrogen and oxygen atoms in total. The SMILES string of the molecule is CC1(C)c2ccccc2C(Cc2cc(-c3nc(-c4ccc(-c5ccccc5)cc4)nc(-c4ccc(-c5ccccc5)cc4)n3)cc(N3C4=C(C=CCC4)Sc4ccccc43)c2)c2ccccc21. The molecule has 12 rings (SSSR count). The molecule has 0 fully saturated rings. The fraction of sp³-hybridized carbons (Fsp3) is 0.113. The summed E-state index contributed by atoms with van der Waals surface area (Å²) in [6.45, 7) is 4.74. The van der Waals surface area contributed by atoms with Crippen molar-refractivity contribution >= 4 is 23.1 Å². The van der Waals surface area contributed by atoms with Crippen molar-refractivity contribution in [2.75, 3.05) is 4.90 Å². The minimum atomic E-state index is -0.112. The third-order valence-corrected chi connectivity index (χ3v) is 14.9. The van der Waals surface area contributed by atoms with Crippen molar-refractivity contribution < 1.29 is 0 Å². The third-order valence-electron chi connectivity index (χ3n) is 13.8. The van der Waals surface area contributed by atoms with Crippen LogP contribution in [0.5, 0.6) is 0 Å². The summed E-state index contributed by atoms with van der Waals surface area (Å²) in [6, 6.07) is 72.3. The van der Waals surface area contributed by atoms with Crippen molar-refractivity contribution in [3.05, 3.63) is 251 Å².